The second-order valence-corrected chi connectivity index (χ2v) is 7.68. The van der Waals surface area contributed by atoms with E-state index in [0.717, 1.165) is 18.4 Å². The van der Waals surface area contributed by atoms with Crippen LogP contribution in [0.4, 0.5) is 0 Å². The Bertz CT molecular complexity index is 861. The Morgan fingerprint density at radius 3 is 2.27 bits per heavy atom. The molecule has 6 nitrogen and oxygen atoms in total. The van der Waals surface area contributed by atoms with E-state index in [4.69, 9.17) is 23.7 Å². The molecule has 0 unspecified atom stereocenters. The molecule has 0 radical (unpaired) electrons. The summed E-state index contributed by atoms with van der Waals surface area (Å²) >= 11 is 0. The lowest BCUT2D eigenvalue weighted by Crippen LogP contribution is -2.19. The van der Waals surface area contributed by atoms with Gasteiger partial charge in [-0.25, -0.2) is 0 Å². The van der Waals surface area contributed by atoms with Crippen LogP contribution in [0.5, 0.6) is 23.0 Å². The molecule has 2 aromatic carbocycles. The monoisotopic (exact) mass is 414 g/mol. The molecule has 30 heavy (non-hydrogen) atoms. The minimum Gasteiger partial charge on any atom is -0.497 e. The summed E-state index contributed by atoms with van der Waals surface area (Å²) in [4.78, 5) is 13.4. The van der Waals surface area contributed by atoms with Crippen LogP contribution in [0.3, 0.4) is 0 Å². The maximum atomic E-state index is 13.4. The minimum atomic E-state index is -0.142. The molecule has 1 aliphatic rings. The van der Waals surface area contributed by atoms with Gasteiger partial charge in [0.15, 0.2) is 24.1 Å². The van der Waals surface area contributed by atoms with Crippen LogP contribution in [-0.4, -0.2) is 41.0 Å². The molecule has 1 fully saturated rings. The predicted molar refractivity (Wildman–Crippen MR) is 114 cm³/mol. The van der Waals surface area contributed by atoms with Gasteiger partial charge in [-0.05, 0) is 55.0 Å². The molecule has 1 saturated carbocycles. The van der Waals surface area contributed by atoms with Crippen molar-refractivity contribution in [1.82, 2.24) is 0 Å². The number of ether oxygens (including phenoxy) is 5. The van der Waals surface area contributed by atoms with Gasteiger partial charge < -0.3 is 23.7 Å². The zero-order valence-electron chi connectivity index (χ0n) is 18.3. The van der Waals surface area contributed by atoms with Gasteiger partial charge in [0.1, 0.15) is 11.5 Å². The van der Waals surface area contributed by atoms with Gasteiger partial charge in [-0.3, -0.25) is 4.79 Å². The van der Waals surface area contributed by atoms with Crippen molar-refractivity contribution in [1.29, 1.82) is 0 Å². The molecule has 0 heterocycles. The van der Waals surface area contributed by atoms with E-state index in [9.17, 15) is 4.79 Å². The number of rotatable bonds is 9. The smallest absolute Gasteiger partial charge is 0.188 e. The van der Waals surface area contributed by atoms with Crippen LogP contribution in [-0.2, 0) is 4.74 Å². The molecule has 0 aliphatic heterocycles. The molecule has 0 N–H and O–H groups in total. The number of hydrogen-bond acceptors (Lipinski definition) is 6. The summed E-state index contributed by atoms with van der Waals surface area (Å²) in [5, 5.41) is 0. The Morgan fingerprint density at radius 2 is 1.67 bits per heavy atom. The van der Waals surface area contributed by atoms with Gasteiger partial charge in [0, 0.05) is 30.2 Å². The molecule has 0 bridgehead atoms. The van der Waals surface area contributed by atoms with Gasteiger partial charge in [0.05, 0.1) is 21.3 Å². The molecule has 1 aliphatic carbocycles. The first-order valence-corrected chi connectivity index (χ1v) is 10.1. The molecule has 0 spiro atoms. The van der Waals surface area contributed by atoms with Crippen molar-refractivity contribution in [3.63, 3.8) is 0 Å². The van der Waals surface area contributed by atoms with Crippen LogP contribution < -0.4 is 18.9 Å². The number of carbonyl (C=O) groups is 1. The highest BCUT2D eigenvalue weighted by Crippen LogP contribution is 2.50. The summed E-state index contributed by atoms with van der Waals surface area (Å²) in [6, 6.07) is 11.0. The molecule has 0 aromatic heterocycles. The third kappa shape index (κ3) is 4.54. The fourth-order valence-electron chi connectivity index (χ4n) is 4.34. The minimum absolute atomic E-state index is 0.0240. The van der Waals surface area contributed by atoms with Crippen molar-refractivity contribution in [2.24, 2.45) is 11.8 Å². The number of carbonyl (C=O) groups excluding carboxylic acids is 1. The SMILES string of the molecule is COCOc1ccc(C(=O)[C@H]2C[C@@H](C)C[C@H]2c2cc(OC)cc(OC)c2OC)cc1. The molecule has 6 heteroatoms. The van der Waals surface area contributed by atoms with E-state index >= 15 is 0 Å². The predicted octanol–water partition coefficient (Wildman–Crippen LogP) is 4.71. The Hall–Kier alpha value is -2.73. The maximum absolute atomic E-state index is 13.4. The van der Waals surface area contributed by atoms with Crippen molar-refractivity contribution in [3.8, 4) is 23.0 Å². The third-order valence-electron chi connectivity index (χ3n) is 5.73. The van der Waals surface area contributed by atoms with E-state index in [1.54, 1.807) is 46.6 Å². The highest BCUT2D eigenvalue weighted by atomic mass is 16.7. The number of ketones is 1. The summed E-state index contributed by atoms with van der Waals surface area (Å²) in [7, 11) is 6.43. The van der Waals surface area contributed by atoms with E-state index in [2.05, 4.69) is 6.92 Å². The second kappa shape index (κ2) is 9.85. The average Bonchev–Trinajstić information content (AvgIpc) is 3.17. The lowest BCUT2D eigenvalue weighted by molar-refractivity contribution is 0.0511. The number of methoxy groups -OCH3 is 4. The van der Waals surface area contributed by atoms with Gasteiger partial charge in [-0.15, -0.1) is 0 Å². The van der Waals surface area contributed by atoms with Crippen molar-refractivity contribution in [2.75, 3.05) is 35.2 Å². The quantitative estimate of drug-likeness (QED) is 0.437. The second-order valence-electron chi connectivity index (χ2n) is 7.68. The normalized spacial score (nSPS) is 20.6. The van der Waals surface area contributed by atoms with Gasteiger partial charge in [-0.2, -0.15) is 0 Å². The average molecular weight is 414 g/mol. The summed E-state index contributed by atoms with van der Waals surface area (Å²) in [6.07, 6.45) is 1.73. The van der Waals surface area contributed by atoms with Crippen molar-refractivity contribution < 1.29 is 28.5 Å². The van der Waals surface area contributed by atoms with Gasteiger partial charge >= 0.3 is 0 Å². The Kier molecular flexibility index (Phi) is 7.21. The maximum Gasteiger partial charge on any atom is 0.188 e. The standard InChI is InChI=1S/C24H30O6/c1-15-10-19(21-12-18(27-3)13-22(28-4)24(21)29-5)20(11-15)23(25)16-6-8-17(9-7-16)30-14-26-2/h6-9,12-13,15,19-20H,10-11,14H2,1-5H3/t15-,19+,20-/m0/s1. The number of Topliss-reactive ketones (excluding diaryl/α,β-unsaturated/α-hetero) is 1. The van der Waals surface area contributed by atoms with Gasteiger partial charge in [0.2, 0.25) is 0 Å². The Balaban J connectivity index is 1.93. The molecule has 0 saturated heterocycles. The zero-order valence-corrected chi connectivity index (χ0v) is 18.3. The summed E-state index contributed by atoms with van der Waals surface area (Å²) in [5.41, 5.74) is 1.63. The van der Waals surface area contributed by atoms with E-state index in [1.165, 1.54) is 0 Å². The number of hydrogen-bond donors (Lipinski definition) is 0. The van der Waals surface area contributed by atoms with Gasteiger partial charge in [-0.1, -0.05) is 6.92 Å². The third-order valence-corrected chi connectivity index (χ3v) is 5.73. The van der Waals surface area contributed by atoms with Gasteiger partial charge in [0.25, 0.3) is 0 Å². The summed E-state index contributed by atoms with van der Waals surface area (Å²) in [5.74, 6) is 3.07. The molecule has 3 rings (SSSR count). The molecular weight excluding hydrogens is 384 g/mol. The van der Waals surface area contributed by atoms with Crippen molar-refractivity contribution in [2.45, 2.75) is 25.7 Å². The van der Waals surface area contributed by atoms with E-state index in [-0.39, 0.29) is 24.4 Å². The lowest BCUT2D eigenvalue weighted by Gasteiger charge is -2.23. The fraction of sp³-hybridized carbons (Fsp3) is 0.458. The Morgan fingerprint density at radius 1 is 0.933 bits per heavy atom. The van der Waals surface area contributed by atoms with E-state index in [0.29, 0.717) is 34.5 Å². The molecular formula is C24H30O6. The highest BCUT2D eigenvalue weighted by molar-refractivity contribution is 5.98. The number of benzene rings is 2. The van der Waals surface area contributed by atoms with Crippen LogP contribution in [0, 0.1) is 11.8 Å². The first kappa shape index (κ1) is 22.0. The lowest BCUT2D eigenvalue weighted by atomic mass is 9.83. The summed E-state index contributed by atoms with van der Waals surface area (Å²) in [6.45, 7) is 2.36. The highest BCUT2D eigenvalue weighted by Gasteiger charge is 2.40. The van der Waals surface area contributed by atoms with Crippen LogP contribution in [0.1, 0.15) is 41.6 Å². The molecule has 3 atom stereocenters. The first-order valence-electron chi connectivity index (χ1n) is 10.1. The van der Waals surface area contributed by atoms with Crippen molar-refractivity contribution in [3.05, 3.63) is 47.5 Å². The zero-order chi connectivity index (χ0) is 21.7. The molecule has 0 amide bonds. The first-order chi connectivity index (χ1) is 14.5. The van der Waals surface area contributed by atoms with Crippen LogP contribution >= 0.6 is 0 Å². The van der Waals surface area contributed by atoms with Crippen LogP contribution in [0.2, 0.25) is 0 Å². The van der Waals surface area contributed by atoms with E-state index in [1.807, 2.05) is 18.2 Å². The topological polar surface area (TPSA) is 63.2 Å². The molecule has 162 valence electrons. The van der Waals surface area contributed by atoms with Crippen LogP contribution in [0.25, 0.3) is 0 Å². The molecule has 2 aromatic rings. The fourth-order valence-corrected chi connectivity index (χ4v) is 4.34. The summed E-state index contributed by atoms with van der Waals surface area (Å²) < 4.78 is 27.0. The van der Waals surface area contributed by atoms with E-state index < -0.39 is 0 Å². The Labute approximate surface area is 178 Å². The van der Waals surface area contributed by atoms with Crippen molar-refractivity contribution >= 4 is 5.78 Å². The largest absolute Gasteiger partial charge is 0.497 e. The van der Waals surface area contributed by atoms with Crippen LogP contribution in [0.15, 0.2) is 36.4 Å².